The summed E-state index contributed by atoms with van der Waals surface area (Å²) in [6.07, 6.45) is 9.24. The Labute approximate surface area is 215 Å². The zero-order chi connectivity index (χ0) is 25.6. The van der Waals surface area contributed by atoms with Crippen LogP contribution in [0.4, 0.5) is 16.2 Å². The molecule has 0 bridgehead atoms. The van der Waals surface area contributed by atoms with Crippen molar-refractivity contribution >= 4 is 17.4 Å². The van der Waals surface area contributed by atoms with E-state index in [2.05, 4.69) is 64.2 Å². The molecule has 0 unspecified atom stereocenters. The average molecular weight is 492 g/mol. The highest BCUT2D eigenvalue weighted by atomic mass is 16.5. The molecule has 3 rings (SSSR count). The van der Waals surface area contributed by atoms with Crippen molar-refractivity contribution in [3.8, 4) is 17.0 Å². The van der Waals surface area contributed by atoms with Crippen LogP contribution < -0.4 is 20.3 Å². The number of nitrogens with one attached hydrogen (secondary N) is 2. The third-order valence-corrected chi connectivity index (χ3v) is 6.18. The molecule has 2 N–H and O–H groups in total. The summed E-state index contributed by atoms with van der Waals surface area (Å²) in [4.78, 5) is 19.4. The van der Waals surface area contributed by atoms with Gasteiger partial charge in [0, 0.05) is 37.9 Å². The highest BCUT2D eigenvalue weighted by Crippen LogP contribution is 2.35. The number of para-hydroxylation sites is 1. The summed E-state index contributed by atoms with van der Waals surface area (Å²) in [7, 11) is 0. The lowest BCUT2D eigenvalue weighted by Gasteiger charge is -2.26. The number of nitrogens with zero attached hydrogens (tertiary/aromatic N) is 3. The van der Waals surface area contributed by atoms with Gasteiger partial charge in [-0.15, -0.1) is 0 Å². The number of carbonyl (C=O) groups is 1. The van der Waals surface area contributed by atoms with E-state index < -0.39 is 0 Å². The summed E-state index contributed by atoms with van der Waals surface area (Å²) in [6.45, 7) is 10.1. The molecule has 36 heavy (non-hydrogen) atoms. The normalized spacial score (nSPS) is 10.8. The number of hydrogen-bond acceptors (Lipinski definition) is 4. The first-order valence-corrected chi connectivity index (χ1v) is 13.3. The number of aryl methyl sites for hydroxylation is 1. The summed E-state index contributed by atoms with van der Waals surface area (Å²) in [5, 5.41) is 6.06. The van der Waals surface area contributed by atoms with Crippen LogP contribution in [0.15, 0.2) is 61.1 Å². The van der Waals surface area contributed by atoms with Gasteiger partial charge in [-0.1, -0.05) is 62.6 Å². The molecule has 194 valence electrons. The molecular formula is C29H41N5O2. The van der Waals surface area contributed by atoms with E-state index in [4.69, 9.17) is 4.74 Å². The number of anilines is 2. The molecule has 2 aromatic carbocycles. The van der Waals surface area contributed by atoms with Crippen LogP contribution in [0, 0.1) is 0 Å². The topological polar surface area (TPSA) is 71.4 Å². The summed E-state index contributed by atoms with van der Waals surface area (Å²) in [6, 6.07) is 15.9. The third kappa shape index (κ3) is 8.04. The summed E-state index contributed by atoms with van der Waals surface area (Å²) >= 11 is 0. The molecule has 1 aromatic heterocycles. The molecule has 2 amide bonds. The predicted octanol–water partition coefficient (Wildman–Crippen LogP) is 6.57. The number of imidazole rings is 1. The largest absolute Gasteiger partial charge is 0.491 e. The third-order valence-electron chi connectivity index (χ3n) is 6.18. The number of ether oxygens (including phenoxy) is 1. The van der Waals surface area contributed by atoms with E-state index in [-0.39, 0.29) is 6.03 Å². The van der Waals surface area contributed by atoms with Gasteiger partial charge in [-0.2, -0.15) is 0 Å². The molecule has 7 heteroatoms. The molecule has 0 spiro atoms. The number of rotatable bonds is 15. The summed E-state index contributed by atoms with van der Waals surface area (Å²) in [5.41, 5.74) is 3.78. The standard InChI is InChI=1S/C29H41N5O2/c1-4-7-8-12-19-30-29(35)32-28-26(34(5-2)6-3)17-13-18-27(28)36-21-14-20-33-22-25(31-23-33)24-15-10-9-11-16-24/h9-11,13,15-18,22-23H,4-8,12,14,19-21H2,1-3H3,(H2,30,32,35). The first-order valence-electron chi connectivity index (χ1n) is 13.3. The summed E-state index contributed by atoms with van der Waals surface area (Å²) < 4.78 is 8.27. The molecule has 0 saturated carbocycles. The maximum absolute atomic E-state index is 12.7. The Morgan fingerprint density at radius 1 is 0.972 bits per heavy atom. The van der Waals surface area contributed by atoms with Gasteiger partial charge in [0.25, 0.3) is 0 Å². The zero-order valence-electron chi connectivity index (χ0n) is 22.0. The second kappa shape index (κ2) is 14.8. The van der Waals surface area contributed by atoms with Gasteiger partial charge in [0.05, 0.1) is 24.3 Å². The van der Waals surface area contributed by atoms with Gasteiger partial charge in [0.2, 0.25) is 0 Å². The Bertz CT molecular complexity index is 1050. The predicted molar refractivity (Wildman–Crippen MR) is 149 cm³/mol. The smallest absolute Gasteiger partial charge is 0.319 e. The molecule has 3 aromatic rings. The second-order valence-corrected chi connectivity index (χ2v) is 8.83. The molecular weight excluding hydrogens is 450 g/mol. The zero-order valence-corrected chi connectivity index (χ0v) is 22.0. The Hall–Kier alpha value is -3.48. The van der Waals surface area contributed by atoms with Crippen molar-refractivity contribution in [1.29, 1.82) is 0 Å². The monoisotopic (exact) mass is 491 g/mol. The molecule has 1 heterocycles. The molecule has 0 radical (unpaired) electrons. The van der Waals surface area contributed by atoms with E-state index >= 15 is 0 Å². The quantitative estimate of drug-likeness (QED) is 0.236. The Kier molecular flexibility index (Phi) is 11.2. The van der Waals surface area contributed by atoms with E-state index in [1.165, 1.54) is 12.8 Å². The molecule has 0 saturated heterocycles. The van der Waals surface area contributed by atoms with E-state index in [1.54, 1.807) is 0 Å². The lowest BCUT2D eigenvalue weighted by molar-refractivity contribution is 0.251. The first kappa shape index (κ1) is 27.1. The van der Waals surface area contributed by atoms with Crippen molar-refractivity contribution in [2.75, 3.05) is 36.5 Å². The van der Waals surface area contributed by atoms with Gasteiger partial charge >= 0.3 is 6.03 Å². The van der Waals surface area contributed by atoms with Crippen molar-refractivity contribution in [3.63, 3.8) is 0 Å². The molecule has 0 aliphatic heterocycles. The lowest BCUT2D eigenvalue weighted by atomic mass is 10.2. The number of hydrogen-bond donors (Lipinski definition) is 2. The van der Waals surface area contributed by atoms with Crippen LogP contribution in [-0.4, -0.2) is 41.8 Å². The number of aromatic nitrogens is 2. The van der Waals surface area contributed by atoms with Crippen molar-refractivity contribution in [3.05, 3.63) is 61.1 Å². The number of amides is 2. The number of unbranched alkanes of at least 4 members (excludes halogenated alkanes) is 3. The van der Waals surface area contributed by atoms with Crippen LogP contribution >= 0.6 is 0 Å². The van der Waals surface area contributed by atoms with Crippen LogP contribution in [0.5, 0.6) is 5.75 Å². The van der Waals surface area contributed by atoms with Gasteiger partial charge in [0.15, 0.2) is 0 Å². The van der Waals surface area contributed by atoms with Crippen LogP contribution in [0.3, 0.4) is 0 Å². The molecule has 0 aliphatic rings. The molecule has 0 aliphatic carbocycles. The minimum Gasteiger partial charge on any atom is -0.491 e. The fourth-order valence-corrected chi connectivity index (χ4v) is 4.17. The Morgan fingerprint density at radius 3 is 2.53 bits per heavy atom. The van der Waals surface area contributed by atoms with Crippen LogP contribution in [0.2, 0.25) is 0 Å². The van der Waals surface area contributed by atoms with Crippen molar-refractivity contribution in [2.24, 2.45) is 0 Å². The fraction of sp³-hybridized carbons (Fsp3) is 0.448. The van der Waals surface area contributed by atoms with Crippen molar-refractivity contribution in [2.45, 2.75) is 59.4 Å². The minimum absolute atomic E-state index is 0.192. The average Bonchev–Trinajstić information content (AvgIpc) is 3.38. The maximum atomic E-state index is 12.7. The van der Waals surface area contributed by atoms with Crippen LogP contribution in [0.1, 0.15) is 52.9 Å². The van der Waals surface area contributed by atoms with Gasteiger partial charge in [-0.3, -0.25) is 0 Å². The summed E-state index contributed by atoms with van der Waals surface area (Å²) in [5.74, 6) is 0.691. The Morgan fingerprint density at radius 2 is 1.78 bits per heavy atom. The Balaban J connectivity index is 1.60. The molecule has 0 fully saturated rings. The van der Waals surface area contributed by atoms with Crippen molar-refractivity contribution in [1.82, 2.24) is 14.9 Å². The highest BCUT2D eigenvalue weighted by molar-refractivity contribution is 5.95. The van der Waals surface area contributed by atoms with Gasteiger partial charge < -0.3 is 24.8 Å². The molecule has 7 nitrogen and oxygen atoms in total. The van der Waals surface area contributed by atoms with Crippen molar-refractivity contribution < 1.29 is 9.53 Å². The minimum atomic E-state index is -0.192. The molecule has 0 atom stereocenters. The lowest BCUT2D eigenvalue weighted by Crippen LogP contribution is -2.31. The maximum Gasteiger partial charge on any atom is 0.319 e. The van der Waals surface area contributed by atoms with E-state index in [1.807, 2.05) is 42.7 Å². The fourth-order valence-electron chi connectivity index (χ4n) is 4.17. The van der Waals surface area contributed by atoms with Gasteiger partial charge in [-0.05, 0) is 38.8 Å². The number of urea groups is 1. The first-order chi connectivity index (χ1) is 17.7. The second-order valence-electron chi connectivity index (χ2n) is 8.83. The highest BCUT2D eigenvalue weighted by Gasteiger charge is 2.16. The van der Waals surface area contributed by atoms with E-state index in [0.717, 1.165) is 61.5 Å². The van der Waals surface area contributed by atoms with E-state index in [9.17, 15) is 4.79 Å². The van der Waals surface area contributed by atoms with Crippen LogP contribution in [-0.2, 0) is 6.54 Å². The van der Waals surface area contributed by atoms with Gasteiger partial charge in [-0.25, -0.2) is 9.78 Å². The van der Waals surface area contributed by atoms with Gasteiger partial charge in [0.1, 0.15) is 11.4 Å². The SMILES string of the molecule is CCCCCCNC(=O)Nc1c(OCCCn2cnc(-c3ccccc3)c2)cccc1N(CC)CC. The number of benzene rings is 2. The van der Waals surface area contributed by atoms with E-state index in [0.29, 0.717) is 18.9 Å². The number of carbonyl (C=O) groups excluding carboxylic acids is 1. The van der Waals surface area contributed by atoms with Crippen LogP contribution in [0.25, 0.3) is 11.3 Å².